The SMILES string of the molecule is COc1cccc(C(=O)OCC(=O)N(C)[C@@H]2CCS(=O)(=O)C2)c1OC. The van der Waals surface area contributed by atoms with Gasteiger partial charge in [-0.3, -0.25) is 4.79 Å². The van der Waals surface area contributed by atoms with Crippen LogP contribution >= 0.6 is 0 Å². The van der Waals surface area contributed by atoms with Crippen molar-refractivity contribution in [2.75, 3.05) is 39.4 Å². The van der Waals surface area contributed by atoms with Crippen LogP contribution in [0.4, 0.5) is 0 Å². The zero-order chi connectivity index (χ0) is 18.6. The predicted molar refractivity (Wildman–Crippen MR) is 89.7 cm³/mol. The van der Waals surface area contributed by atoms with Crippen molar-refractivity contribution >= 4 is 21.7 Å². The summed E-state index contributed by atoms with van der Waals surface area (Å²) in [6.45, 7) is -0.480. The smallest absolute Gasteiger partial charge is 0.342 e. The second kappa shape index (κ2) is 7.73. The molecule has 1 fully saturated rings. The minimum absolute atomic E-state index is 0.0626. The summed E-state index contributed by atoms with van der Waals surface area (Å²) in [6, 6.07) is 4.36. The first-order valence-electron chi connectivity index (χ1n) is 7.63. The zero-order valence-corrected chi connectivity index (χ0v) is 15.2. The Morgan fingerprint density at radius 1 is 1.24 bits per heavy atom. The van der Waals surface area contributed by atoms with Crippen molar-refractivity contribution in [2.24, 2.45) is 0 Å². The summed E-state index contributed by atoms with van der Waals surface area (Å²) in [4.78, 5) is 25.7. The number of carbonyl (C=O) groups excluding carboxylic acids is 2. The molecule has 0 unspecified atom stereocenters. The van der Waals surface area contributed by atoms with Gasteiger partial charge in [0.1, 0.15) is 5.56 Å². The van der Waals surface area contributed by atoms with Gasteiger partial charge in [-0.05, 0) is 18.6 Å². The van der Waals surface area contributed by atoms with Crippen LogP contribution in [0.3, 0.4) is 0 Å². The van der Waals surface area contributed by atoms with E-state index in [0.29, 0.717) is 12.2 Å². The molecular weight excluding hydrogens is 350 g/mol. The van der Waals surface area contributed by atoms with E-state index in [-0.39, 0.29) is 28.9 Å². The Hall–Kier alpha value is -2.29. The lowest BCUT2D eigenvalue weighted by Gasteiger charge is -2.23. The minimum Gasteiger partial charge on any atom is -0.493 e. The number of esters is 1. The van der Waals surface area contributed by atoms with Gasteiger partial charge in [-0.15, -0.1) is 0 Å². The molecule has 1 aliphatic rings. The van der Waals surface area contributed by atoms with Crippen LogP contribution in [0.15, 0.2) is 18.2 Å². The van der Waals surface area contributed by atoms with E-state index in [9.17, 15) is 18.0 Å². The molecule has 0 radical (unpaired) electrons. The van der Waals surface area contributed by atoms with Gasteiger partial charge in [0.2, 0.25) is 0 Å². The van der Waals surface area contributed by atoms with Crippen LogP contribution in [0.2, 0.25) is 0 Å². The van der Waals surface area contributed by atoms with Crippen molar-refractivity contribution in [2.45, 2.75) is 12.5 Å². The minimum atomic E-state index is -3.10. The summed E-state index contributed by atoms with van der Waals surface area (Å²) >= 11 is 0. The highest BCUT2D eigenvalue weighted by Gasteiger charge is 2.33. The fourth-order valence-electron chi connectivity index (χ4n) is 2.64. The summed E-state index contributed by atoms with van der Waals surface area (Å²) in [5, 5.41) is 0. The van der Waals surface area contributed by atoms with Gasteiger partial charge in [0.15, 0.2) is 27.9 Å². The molecule has 0 spiro atoms. The van der Waals surface area contributed by atoms with Crippen LogP contribution in [-0.2, 0) is 19.4 Å². The van der Waals surface area contributed by atoms with Crippen molar-refractivity contribution in [3.05, 3.63) is 23.8 Å². The van der Waals surface area contributed by atoms with E-state index >= 15 is 0 Å². The van der Waals surface area contributed by atoms with Gasteiger partial charge in [-0.2, -0.15) is 0 Å². The first-order valence-corrected chi connectivity index (χ1v) is 9.45. The monoisotopic (exact) mass is 371 g/mol. The highest BCUT2D eigenvalue weighted by molar-refractivity contribution is 7.91. The summed E-state index contributed by atoms with van der Waals surface area (Å²) < 4.78 is 38.3. The molecule has 1 saturated heterocycles. The molecule has 25 heavy (non-hydrogen) atoms. The number of carbonyl (C=O) groups is 2. The van der Waals surface area contributed by atoms with Crippen molar-refractivity contribution in [1.29, 1.82) is 0 Å². The topological polar surface area (TPSA) is 99.2 Å². The van der Waals surface area contributed by atoms with E-state index in [0.717, 1.165) is 0 Å². The summed E-state index contributed by atoms with van der Waals surface area (Å²) in [5.41, 5.74) is 0.140. The molecule has 0 aromatic heterocycles. The lowest BCUT2D eigenvalue weighted by Crippen LogP contribution is -2.40. The molecule has 0 saturated carbocycles. The Bertz CT molecular complexity index is 760. The largest absolute Gasteiger partial charge is 0.493 e. The summed E-state index contributed by atoms with van der Waals surface area (Å²) in [7, 11) is 1.25. The normalized spacial score (nSPS) is 18.4. The number of ether oxygens (including phenoxy) is 3. The van der Waals surface area contributed by atoms with Crippen LogP contribution < -0.4 is 9.47 Å². The van der Waals surface area contributed by atoms with Crippen molar-refractivity contribution in [3.8, 4) is 11.5 Å². The fraction of sp³-hybridized carbons (Fsp3) is 0.500. The van der Waals surface area contributed by atoms with Gasteiger partial charge in [-0.25, -0.2) is 13.2 Å². The first-order chi connectivity index (χ1) is 11.8. The van der Waals surface area contributed by atoms with Crippen molar-refractivity contribution < 1.29 is 32.2 Å². The lowest BCUT2D eigenvalue weighted by molar-refractivity contribution is -0.134. The van der Waals surface area contributed by atoms with E-state index in [2.05, 4.69) is 0 Å². The Kier molecular flexibility index (Phi) is 5.89. The molecule has 2 rings (SSSR count). The third-order valence-corrected chi connectivity index (χ3v) is 5.85. The van der Waals surface area contributed by atoms with Gasteiger partial charge in [-0.1, -0.05) is 6.07 Å². The fourth-order valence-corrected chi connectivity index (χ4v) is 4.41. The Morgan fingerprint density at radius 3 is 2.52 bits per heavy atom. The quantitative estimate of drug-likeness (QED) is 0.672. The highest BCUT2D eigenvalue weighted by atomic mass is 32.2. The number of likely N-dealkylation sites (N-methyl/N-ethyl adjacent to an activating group) is 1. The molecule has 0 N–H and O–H groups in total. The Morgan fingerprint density at radius 2 is 1.96 bits per heavy atom. The number of para-hydroxylation sites is 1. The maximum absolute atomic E-state index is 12.2. The molecule has 9 heteroatoms. The van der Waals surface area contributed by atoms with Crippen LogP contribution in [0.25, 0.3) is 0 Å². The maximum Gasteiger partial charge on any atom is 0.342 e. The summed E-state index contributed by atoms with van der Waals surface area (Å²) in [5.74, 6) is -0.591. The van der Waals surface area contributed by atoms with Crippen molar-refractivity contribution in [3.63, 3.8) is 0 Å². The van der Waals surface area contributed by atoms with E-state index in [1.54, 1.807) is 12.1 Å². The third-order valence-electron chi connectivity index (χ3n) is 4.10. The Labute approximate surface area is 146 Å². The average Bonchev–Trinajstić information content (AvgIpc) is 2.97. The van der Waals surface area contributed by atoms with E-state index < -0.39 is 28.3 Å². The van der Waals surface area contributed by atoms with Gasteiger partial charge in [0.25, 0.3) is 5.91 Å². The van der Waals surface area contributed by atoms with Crippen LogP contribution in [-0.4, -0.2) is 70.6 Å². The number of hydrogen-bond acceptors (Lipinski definition) is 7. The van der Waals surface area contributed by atoms with E-state index in [1.165, 1.54) is 32.2 Å². The van der Waals surface area contributed by atoms with Crippen molar-refractivity contribution in [1.82, 2.24) is 4.90 Å². The molecule has 1 aliphatic heterocycles. The van der Waals surface area contributed by atoms with Crippen LogP contribution in [0.5, 0.6) is 11.5 Å². The van der Waals surface area contributed by atoms with E-state index in [1.807, 2.05) is 0 Å². The lowest BCUT2D eigenvalue weighted by atomic mass is 10.2. The standard InChI is InChI=1S/C16H21NO7S/c1-17(11-7-8-25(20,21)10-11)14(18)9-24-16(19)12-5-4-6-13(22-2)15(12)23-3/h4-6,11H,7-10H2,1-3H3/t11-/m1/s1. The molecule has 138 valence electrons. The van der Waals surface area contributed by atoms with Gasteiger partial charge in [0, 0.05) is 13.1 Å². The maximum atomic E-state index is 12.2. The van der Waals surface area contributed by atoms with Crippen LogP contribution in [0.1, 0.15) is 16.8 Å². The number of benzene rings is 1. The third kappa shape index (κ3) is 4.41. The number of methoxy groups -OCH3 is 2. The number of sulfone groups is 1. The molecule has 8 nitrogen and oxygen atoms in total. The summed E-state index contributed by atoms with van der Waals surface area (Å²) in [6.07, 6.45) is 0.391. The molecule has 1 aromatic carbocycles. The zero-order valence-electron chi connectivity index (χ0n) is 14.4. The molecule has 0 bridgehead atoms. The molecule has 1 atom stereocenters. The molecule has 0 aliphatic carbocycles. The Balaban J connectivity index is 1.99. The number of rotatable bonds is 6. The van der Waals surface area contributed by atoms with Gasteiger partial charge >= 0.3 is 5.97 Å². The number of amides is 1. The average molecular weight is 371 g/mol. The second-order valence-electron chi connectivity index (χ2n) is 5.68. The van der Waals surface area contributed by atoms with Crippen LogP contribution in [0, 0.1) is 0 Å². The number of nitrogens with zero attached hydrogens (tertiary/aromatic N) is 1. The van der Waals surface area contributed by atoms with E-state index in [4.69, 9.17) is 14.2 Å². The number of hydrogen-bond donors (Lipinski definition) is 0. The first kappa shape index (κ1) is 19.0. The molecular formula is C16H21NO7S. The molecule has 1 aromatic rings. The second-order valence-corrected chi connectivity index (χ2v) is 7.91. The molecule has 1 amide bonds. The van der Waals surface area contributed by atoms with Gasteiger partial charge < -0.3 is 19.1 Å². The molecule has 1 heterocycles. The highest BCUT2D eigenvalue weighted by Crippen LogP contribution is 2.31. The predicted octanol–water partition coefficient (Wildman–Crippen LogP) is 0.506. The van der Waals surface area contributed by atoms with Gasteiger partial charge in [0.05, 0.1) is 25.7 Å².